The van der Waals surface area contributed by atoms with Crippen LogP contribution in [0.4, 0.5) is 5.69 Å². The van der Waals surface area contributed by atoms with Gasteiger partial charge in [-0.05, 0) is 50.8 Å². The van der Waals surface area contributed by atoms with Crippen LogP contribution in [0.1, 0.15) is 25.7 Å². The molecular weight excluding hydrogens is 286 g/mol. The molecular formula is C15H23N3O2S. The van der Waals surface area contributed by atoms with E-state index in [0.717, 1.165) is 12.8 Å². The van der Waals surface area contributed by atoms with Gasteiger partial charge in [0, 0.05) is 18.6 Å². The van der Waals surface area contributed by atoms with E-state index in [4.69, 9.17) is 5.73 Å². The number of nitrogens with one attached hydrogen (secondary N) is 1. The Morgan fingerprint density at radius 3 is 2.48 bits per heavy atom. The third-order valence-corrected chi connectivity index (χ3v) is 6.46. The molecule has 0 amide bonds. The maximum atomic E-state index is 12.3. The first-order valence-corrected chi connectivity index (χ1v) is 9.02. The number of nitrogens with zero attached hydrogens (tertiary/aromatic N) is 1. The average Bonchev–Trinajstić information content (AvgIpc) is 2.67. The third kappa shape index (κ3) is 2.93. The maximum absolute atomic E-state index is 12.3. The minimum absolute atomic E-state index is 0.181. The van der Waals surface area contributed by atoms with E-state index in [9.17, 15) is 8.42 Å². The topological polar surface area (TPSA) is 75.4 Å². The fourth-order valence-corrected chi connectivity index (χ4v) is 4.97. The number of fused-ring (bicyclic) bond motifs is 2. The summed E-state index contributed by atoms with van der Waals surface area (Å²) in [6.45, 7) is 0.511. The van der Waals surface area contributed by atoms with Crippen LogP contribution in [0.25, 0.3) is 0 Å². The Morgan fingerprint density at radius 1 is 1.24 bits per heavy atom. The van der Waals surface area contributed by atoms with Crippen molar-refractivity contribution in [3.05, 3.63) is 24.3 Å². The minimum Gasteiger partial charge on any atom is -0.398 e. The van der Waals surface area contributed by atoms with Crippen molar-refractivity contribution >= 4 is 15.7 Å². The first kappa shape index (κ1) is 14.8. The Hall–Kier alpha value is -1.11. The van der Waals surface area contributed by atoms with Gasteiger partial charge in [0.2, 0.25) is 10.0 Å². The van der Waals surface area contributed by atoms with Crippen LogP contribution in [-0.2, 0) is 10.0 Å². The fourth-order valence-electron chi connectivity index (χ4n) is 3.72. The molecule has 0 aromatic heterocycles. The number of para-hydroxylation sites is 1. The quantitative estimate of drug-likeness (QED) is 0.825. The Kier molecular flexibility index (Phi) is 3.94. The van der Waals surface area contributed by atoms with Crippen molar-refractivity contribution in [1.82, 2.24) is 9.62 Å². The third-order valence-electron chi connectivity index (χ3n) is 4.97. The maximum Gasteiger partial charge on any atom is 0.242 e. The van der Waals surface area contributed by atoms with E-state index in [1.54, 1.807) is 24.3 Å². The molecule has 2 unspecified atom stereocenters. The lowest BCUT2D eigenvalue weighted by Gasteiger charge is -2.36. The molecule has 5 nitrogen and oxygen atoms in total. The van der Waals surface area contributed by atoms with Crippen molar-refractivity contribution in [3.63, 3.8) is 0 Å². The molecule has 6 heteroatoms. The fraction of sp³-hybridized carbons (Fsp3) is 0.600. The monoisotopic (exact) mass is 309 g/mol. The Morgan fingerprint density at radius 2 is 1.86 bits per heavy atom. The Bertz CT molecular complexity index is 603. The molecule has 0 spiro atoms. The lowest BCUT2D eigenvalue weighted by Crippen LogP contribution is -2.43. The van der Waals surface area contributed by atoms with E-state index in [-0.39, 0.29) is 4.90 Å². The predicted octanol–water partition coefficient (Wildman–Crippen LogP) is 1.42. The molecule has 2 aliphatic rings. The van der Waals surface area contributed by atoms with E-state index >= 15 is 0 Å². The molecule has 2 atom stereocenters. The van der Waals surface area contributed by atoms with E-state index in [2.05, 4.69) is 16.7 Å². The summed E-state index contributed by atoms with van der Waals surface area (Å²) in [7, 11) is -1.32. The van der Waals surface area contributed by atoms with E-state index in [1.165, 1.54) is 12.8 Å². The number of nitrogens with two attached hydrogens (primary N) is 1. The van der Waals surface area contributed by atoms with Crippen molar-refractivity contribution in [2.75, 3.05) is 19.3 Å². The van der Waals surface area contributed by atoms with Gasteiger partial charge in [-0.3, -0.25) is 0 Å². The summed E-state index contributed by atoms with van der Waals surface area (Å²) in [4.78, 5) is 2.64. The molecule has 2 aliphatic heterocycles. The summed E-state index contributed by atoms with van der Waals surface area (Å²) >= 11 is 0. The van der Waals surface area contributed by atoms with Gasteiger partial charge in [0.15, 0.2) is 0 Å². The number of benzene rings is 1. The highest BCUT2D eigenvalue weighted by atomic mass is 32.2. The zero-order valence-corrected chi connectivity index (χ0v) is 13.1. The van der Waals surface area contributed by atoms with Gasteiger partial charge in [-0.25, -0.2) is 13.1 Å². The highest BCUT2D eigenvalue weighted by Gasteiger charge is 2.38. The standard InChI is InChI=1S/C15H23N3O2S/c1-18-12-6-7-13(18)9-11(8-12)10-17-21(19,20)15-5-3-2-4-14(15)16/h2-5,11-13,17H,6-10,16H2,1H3. The highest BCUT2D eigenvalue weighted by Crippen LogP contribution is 2.37. The highest BCUT2D eigenvalue weighted by molar-refractivity contribution is 7.89. The van der Waals surface area contributed by atoms with Crippen LogP contribution in [0.2, 0.25) is 0 Å². The second-order valence-corrected chi connectivity index (χ2v) is 8.01. The van der Waals surface area contributed by atoms with Crippen LogP contribution in [0.15, 0.2) is 29.2 Å². The average molecular weight is 309 g/mol. The molecule has 3 N–H and O–H groups in total. The molecule has 2 bridgehead atoms. The molecule has 0 saturated carbocycles. The van der Waals surface area contributed by atoms with Crippen molar-refractivity contribution in [3.8, 4) is 0 Å². The van der Waals surface area contributed by atoms with Crippen LogP contribution in [0, 0.1) is 5.92 Å². The summed E-state index contributed by atoms with van der Waals surface area (Å²) in [6, 6.07) is 7.85. The number of rotatable bonds is 4. The number of nitrogen functional groups attached to an aromatic ring is 1. The summed E-state index contributed by atoms with van der Waals surface area (Å²) in [5, 5.41) is 0. The number of hydrogen-bond acceptors (Lipinski definition) is 4. The molecule has 0 radical (unpaired) electrons. The molecule has 2 fully saturated rings. The summed E-state index contributed by atoms with van der Waals surface area (Å²) < 4.78 is 27.4. The number of anilines is 1. The molecule has 2 heterocycles. The minimum atomic E-state index is -3.51. The van der Waals surface area contributed by atoms with Crippen molar-refractivity contribution < 1.29 is 8.42 Å². The van der Waals surface area contributed by atoms with E-state index < -0.39 is 10.0 Å². The summed E-state index contributed by atoms with van der Waals surface area (Å²) in [5.41, 5.74) is 6.06. The van der Waals surface area contributed by atoms with Crippen LogP contribution in [0.3, 0.4) is 0 Å². The Labute approximate surface area is 126 Å². The van der Waals surface area contributed by atoms with Gasteiger partial charge in [-0.1, -0.05) is 12.1 Å². The zero-order chi connectivity index (χ0) is 15.0. The van der Waals surface area contributed by atoms with Gasteiger partial charge in [0.05, 0.1) is 5.69 Å². The van der Waals surface area contributed by atoms with Gasteiger partial charge in [0.1, 0.15) is 4.90 Å². The van der Waals surface area contributed by atoms with Gasteiger partial charge < -0.3 is 10.6 Å². The lowest BCUT2D eigenvalue weighted by molar-refractivity contribution is 0.135. The molecule has 1 aromatic carbocycles. The van der Waals surface area contributed by atoms with Gasteiger partial charge in [0.25, 0.3) is 0 Å². The first-order chi connectivity index (χ1) is 9.97. The smallest absolute Gasteiger partial charge is 0.242 e. The predicted molar refractivity (Wildman–Crippen MR) is 83.3 cm³/mol. The van der Waals surface area contributed by atoms with Crippen LogP contribution < -0.4 is 10.5 Å². The first-order valence-electron chi connectivity index (χ1n) is 7.53. The summed E-state index contributed by atoms with van der Waals surface area (Å²) in [5.74, 6) is 0.429. The van der Waals surface area contributed by atoms with Gasteiger partial charge >= 0.3 is 0 Å². The largest absolute Gasteiger partial charge is 0.398 e. The molecule has 2 saturated heterocycles. The van der Waals surface area contributed by atoms with Crippen LogP contribution >= 0.6 is 0 Å². The van der Waals surface area contributed by atoms with E-state index in [0.29, 0.717) is 30.2 Å². The number of hydrogen-bond donors (Lipinski definition) is 2. The summed E-state index contributed by atoms with van der Waals surface area (Å²) in [6.07, 6.45) is 4.66. The molecule has 21 heavy (non-hydrogen) atoms. The SMILES string of the molecule is CN1C2CCC1CC(CNS(=O)(=O)c1ccccc1N)C2. The number of sulfonamides is 1. The van der Waals surface area contributed by atoms with Crippen molar-refractivity contribution in [1.29, 1.82) is 0 Å². The molecule has 116 valence electrons. The van der Waals surface area contributed by atoms with E-state index in [1.807, 2.05) is 0 Å². The molecule has 1 aromatic rings. The van der Waals surface area contributed by atoms with Crippen molar-refractivity contribution in [2.24, 2.45) is 5.92 Å². The Balaban J connectivity index is 1.64. The van der Waals surface area contributed by atoms with Gasteiger partial charge in [-0.15, -0.1) is 0 Å². The number of piperidine rings is 1. The second-order valence-electron chi connectivity index (χ2n) is 6.28. The van der Waals surface area contributed by atoms with Crippen molar-refractivity contribution in [2.45, 2.75) is 42.7 Å². The zero-order valence-electron chi connectivity index (χ0n) is 12.3. The van der Waals surface area contributed by atoms with Crippen LogP contribution in [0.5, 0.6) is 0 Å². The van der Waals surface area contributed by atoms with Crippen LogP contribution in [-0.4, -0.2) is 39.0 Å². The second kappa shape index (κ2) is 5.59. The lowest BCUT2D eigenvalue weighted by atomic mass is 9.91. The normalized spacial score (nSPS) is 29.7. The molecule has 0 aliphatic carbocycles. The van der Waals surface area contributed by atoms with Gasteiger partial charge in [-0.2, -0.15) is 0 Å². The molecule has 3 rings (SSSR count).